The van der Waals surface area contributed by atoms with Gasteiger partial charge in [0.05, 0.1) is 18.4 Å². The summed E-state index contributed by atoms with van der Waals surface area (Å²) < 4.78 is 5.47. The van der Waals surface area contributed by atoms with E-state index in [1.165, 1.54) is 0 Å². The van der Waals surface area contributed by atoms with E-state index in [0.717, 1.165) is 6.42 Å². The molecule has 0 radical (unpaired) electrons. The molecule has 1 aliphatic heterocycles. The lowest BCUT2D eigenvalue weighted by Gasteiger charge is -2.16. The Bertz CT molecular complexity index is 600. The Morgan fingerprint density at radius 2 is 2.00 bits per heavy atom. The maximum Gasteiger partial charge on any atom is 0.260 e. The summed E-state index contributed by atoms with van der Waals surface area (Å²) in [6, 6.07) is 7.11. The van der Waals surface area contributed by atoms with Gasteiger partial charge in [-0.25, -0.2) is 0 Å². The minimum atomic E-state index is -0.0281. The Kier molecular flexibility index (Phi) is 4.06. The summed E-state index contributed by atoms with van der Waals surface area (Å²) in [6.45, 7) is 1.35. The molecule has 1 aliphatic rings. The SMILES string of the molecule is O=C(COc1ccc(Cl)cc1)N1CCC(n2nccn2)C1. The second kappa shape index (κ2) is 6.13. The van der Waals surface area contributed by atoms with Crippen LogP contribution >= 0.6 is 11.6 Å². The van der Waals surface area contributed by atoms with Crippen molar-refractivity contribution in [3.8, 4) is 5.75 Å². The number of halogens is 1. The summed E-state index contributed by atoms with van der Waals surface area (Å²) in [7, 11) is 0. The molecule has 1 fully saturated rings. The van der Waals surface area contributed by atoms with Crippen LogP contribution in [0.25, 0.3) is 0 Å². The molecule has 0 bridgehead atoms. The van der Waals surface area contributed by atoms with E-state index >= 15 is 0 Å². The van der Waals surface area contributed by atoms with Crippen LogP contribution in [0, 0.1) is 0 Å². The normalized spacial score (nSPS) is 18.0. The third kappa shape index (κ3) is 3.33. The predicted octanol–water partition coefficient (Wildman–Crippen LogP) is 1.78. The second-order valence-electron chi connectivity index (χ2n) is 4.87. The van der Waals surface area contributed by atoms with Crippen LogP contribution in [0.1, 0.15) is 12.5 Å². The van der Waals surface area contributed by atoms with Crippen LogP contribution in [-0.4, -0.2) is 45.5 Å². The van der Waals surface area contributed by atoms with Gasteiger partial charge in [-0.1, -0.05) is 11.6 Å². The number of hydrogen-bond donors (Lipinski definition) is 0. The molecule has 1 aromatic heterocycles. The topological polar surface area (TPSA) is 60.2 Å². The van der Waals surface area contributed by atoms with Crippen LogP contribution in [-0.2, 0) is 4.79 Å². The van der Waals surface area contributed by atoms with Gasteiger partial charge in [0, 0.05) is 18.1 Å². The van der Waals surface area contributed by atoms with E-state index in [9.17, 15) is 4.79 Å². The van der Waals surface area contributed by atoms with E-state index in [1.807, 2.05) is 0 Å². The van der Waals surface area contributed by atoms with Gasteiger partial charge < -0.3 is 9.64 Å². The van der Waals surface area contributed by atoms with E-state index in [0.29, 0.717) is 23.9 Å². The predicted molar refractivity (Wildman–Crippen MR) is 77.2 cm³/mol. The number of rotatable bonds is 4. The maximum absolute atomic E-state index is 12.1. The number of carbonyl (C=O) groups is 1. The molecule has 0 N–H and O–H groups in total. The molecule has 1 aromatic carbocycles. The number of aromatic nitrogens is 3. The largest absolute Gasteiger partial charge is 0.484 e. The van der Waals surface area contributed by atoms with E-state index in [2.05, 4.69) is 10.2 Å². The van der Waals surface area contributed by atoms with E-state index in [-0.39, 0.29) is 18.6 Å². The lowest BCUT2D eigenvalue weighted by Crippen LogP contribution is -2.33. The molecule has 1 atom stereocenters. The van der Waals surface area contributed by atoms with Crippen LogP contribution in [0.4, 0.5) is 0 Å². The summed E-state index contributed by atoms with van der Waals surface area (Å²) in [4.78, 5) is 15.6. The summed E-state index contributed by atoms with van der Waals surface area (Å²) in [5, 5.41) is 8.88. The molecule has 6 nitrogen and oxygen atoms in total. The van der Waals surface area contributed by atoms with Crippen LogP contribution in [0.15, 0.2) is 36.7 Å². The number of ether oxygens (including phenoxy) is 1. The van der Waals surface area contributed by atoms with Crippen molar-refractivity contribution in [1.29, 1.82) is 0 Å². The minimum Gasteiger partial charge on any atom is -0.484 e. The maximum atomic E-state index is 12.1. The zero-order chi connectivity index (χ0) is 14.7. The number of likely N-dealkylation sites (tertiary alicyclic amines) is 1. The number of benzene rings is 1. The van der Waals surface area contributed by atoms with Crippen molar-refractivity contribution in [1.82, 2.24) is 19.9 Å². The van der Waals surface area contributed by atoms with Crippen LogP contribution in [0.3, 0.4) is 0 Å². The lowest BCUT2D eigenvalue weighted by molar-refractivity contribution is -0.132. The summed E-state index contributed by atoms with van der Waals surface area (Å²) in [5.74, 6) is 0.608. The van der Waals surface area contributed by atoms with Crippen LogP contribution in [0.5, 0.6) is 5.75 Å². The van der Waals surface area contributed by atoms with Crippen molar-refractivity contribution >= 4 is 17.5 Å². The van der Waals surface area contributed by atoms with Crippen molar-refractivity contribution in [2.75, 3.05) is 19.7 Å². The highest BCUT2D eigenvalue weighted by Crippen LogP contribution is 2.20. The van der Waals surface area contributed by atoms with Crippen molar-refractivity contribution < 1.29 is 9.53 Å². The Labute approximate surface area is 127 Å². The molecule has 2 aromatic rings. The molecule has 0 spiro atoms. The first-order valence-electron chi connectivity index (χ1n) is 6.74. The first-order valence-corrected chi connectivity index (χ1v) is 7.12. The Morgan fingerprint density at radius 3 is 2.71 bits per heavy atom. The fraction of sp³-hybridized carbons (Fsp3) is 0.357. The monoisotopic (exact) mass is 306 g/mol. The molecule has 1 saturated heterocycles. The molecule has 21 heavy (non-hydrogen) atoms. The third-order valence-corrected chi connectivity index (χ3v) is 3.71. The molecule has 0 saturated carbocycles. The van der Waals surface area contributed by atoms with Gasteiger partial charge in [-0.2, -0.15) is 15.0 Å². The highest BCUT2D eigenvalue weighted by molar-refractivity contribution is 6.30. The summed E-state index contributed by atoms with van der Waals surface area (Å²) in [5.41, 5.74) is 0. The molecular formula is C14H15ClN4O2. The van der Waals surface area contributed by atoms with Gasteiger partial charge in [-0.3, -0.25) is 4.79 Å². The Hall–Kier alpha value is -2.08. The number of amides is 1. The Morgan fingerprint density at radius 1 is 1.29 bits per heavy atom. The van der Waals surface area contributed by atoms with Crippen molar-refractivity contribution in [2.45, 2.75) is 12.5 Å². The van der Waals surface area contributed by atoms with Crippen LogP contribution < -0.4 is 4.74 Å². The first kappa shape index (κ1) is 13.9. The number of carbonyl (C=O) groups excluding carboxylic acids is 1. The van der Waals surface area contributed by atoms with Gasteiger partial charge in [0.2, 0.25) is 0 Å². The summed E-state index contributed by atoms with van der Waals surface area (Å²) in [6.07, 6.45) is 4.16. The minimum absolute atomic E-state index is 0.0281. The van der Waals surface area contributed by atoms with Crippen LogP contribution in [0.2, 0.25) is 5.02 Å². The molecule has 1 amide bonds. The van der Waals surface area contributed by atoms with E-state index < -0.39 is 0 Å². The van der Waals surface area contributed by atoms with Crippen molar-refractivity contribution in [2.24, 2.45) is 0 Å². The fourth-order valence-electron chi connectivity index (χ4n) is 2.34. The Balaban J connectivity index is 1.51. The quantitative estimate of drug-likeness (QED) is 0.864. The van der Waals surface area contributed by atoms with E-state index in [4.69, 9.17) is 16.3 Å². The molecular weight excluding hydrogens is 292 g/mol. The number of hydrogen-bond acceptors (Lipinski definition) is 4. The second-order valence-corrected chi connectivity index (χ2v) is 5.31. The molecule has 7 heteroatoms. The lowest BCUT2D eigenvalue weighted by atomic mass is 10.3. The highest BCUT2D eigenvalue weighted by Gasteiger charge is 2.28. The first-order chi connectivity index (χ1) is 10.2. The average molecular weight is 307 g/mol. The zero-order valence-corrected chi connectivity index (χ0v) is 12.1. The molecule has 1 unspecified atom stereocenters. The highest BCUT2D eigenvalue weighted by atomic mass is 35.5. The van der Waals surface area contributed by atoms with Gasteiger partial charge in [0.25, 0.3) is 5.91 Å². The van der Waals surface area contributed by atoms with Gasteiger partial charge in [0.15, 0.2) is 6.61 Å². The van der Waals surface area contributed by atoms with Gasteiger partial charge >= 0.3 is 0 Å². The van der Waals surface area contributed by atoms with Gasteiger partial charge in [-0.05, 0) is 30.7 Å². The average Bonchev–Trinajstić information content (AvgIpc) is 3.17. The smallest absolute Gasteiger partial charge is 0.260 e. The fourth-order valence-corrected chi connectivity index (χ4v) is 2.46. The molecule has 2 heterocycles. The number of nitrogens with zero attached hydrogens (tertiary/aromatic N) is 4. The standard InChI is InChI=1S/C14H15ClN4O2/c15-11-1-3-13(4-2-11)21-10-14(20)18-8-5-12(9-18)19-16-6-7-17-19/h1-4,6-7,12H,5,8-10H2. The van der Waals surface area contributed by atoms with E-state index in [1.54, 1.807) is 46.4 Å². The van der Waals surface area contributed by atoms with Gasteiger partial charge in [-0.15, -0.1) is 0 Å². The molecule has 3 rings (SSSR count). The van der Waals surface area contributed by atoms with Crippen molar-refractivity contribution in [3.05, 3.63) is 41.7 Å². The third-order valence-electron chi connectivity index (χ3n) is 3.46. The van der Waals surface area contributed by atoms with Gasteiger partial charge in [0.1, 0.15) is 5.75 Å². The molecule has 110 valence electrons. The zero-order valence-electron chi connectivity index (χ0n) is 11.4. The molecule has 0 aliphatic carbocycles. The summed E-state index contributed by atoms with van der Waals surface area (Å²) >= 11 is 5.80. The van der Waals surface area contributed by atoms with Crippen molar-refractivity contribution in [3.63, 3.8) is 0 Å².